The van der Waals surface area contributed by atoms with E-state index in [9.17, 15) is 15.0 Å². The minimum atomic E-state index is -1.44. The second kappa shape index (κ2) is 9.60. The van der Waals surface area contributed by atoms with Crippen LogP contribution < -0.4 is 11.0 Å². The molecule has 0 atom stereocenters. The summed E-state index contributed by atoms with van der Waals surface area (Å²) in [7, 11) is 0. The smallest absolute Gasteiger partial charge is 0.350 e. The molecule has 4 aromatic rings. The van der Waals surface area contributed by atoms with Gasteiger partial charge in [-0.2, -0.15) is 0 Å². The average Bonchev–Trinajstić information content (AvgIpc) is 2.83. The van der Waals surface area contributed by atoms with Gasteiger partial charge in [0.25, 0.3) is 0 Å². The topological polar surface area (TPSA) is 87.4 Å². The van der Waals surface area contributed by atoms with Crippen molar-refractivity contribution in [2.75, 3.05) is 11.9 Å². The van der Waals surface area contributed by atoms with Crippen LogP contribution in [0.2, 0.25) is 0 Å². The molecule has 0 bridgehead atoms. The lowest BCUT2D eigenvalue weighted by atomic mass is 9.76. The van der Waals surface area contributed by atoms with Crippen LogP contribution in [0.4, 0.5) is 5.82 Å². The third-order valence-corrected chi connectivity index (χ3v) is 5.47. The number of aliphatic hydroxyl groups is 2. The molecule has 32 heavy (non-hydrogen) atoms. The second-order valence-electron chi connectivity index (χ2n) is 7.45. The molecule has 0 unspecified atom stereocenters. The summed E-state index contributed by atoms with van der Waals surface area (Å²) in [5.41, 5.74) is 1.28. The predicted molar refractivity (Wildman–Crippen MR) is 124 cm³/mol. The van der Waals surface area contributed by atoms with E-state index in [2.05, 4.69) is 10.3 Å². The van der Waals surface area contributed by atoms with Gasteiger partial charge in [0.15, 0.2) is 6.29 Å². The van der Waals surface area contributed by atoms with E-state index in [0.29, 0.717) is 5.82 Å². The maximum absolute atomic E-state index is 13.4. The van der Waals surface area contributed by atoms with Crippen molar-refractivity contribution in [1.29, 1.82) is 0 Å². The van der Waals surface area contributed by atoms with Crippen LogP contribution in [0.25, 0.3) is 0 Å². The van der Waals surface area contributed by atoms with Crippen molar-refractivity contribution in [2.24, 2.45) is 0 Å². The first-order chi connectivity index (χ1) is 15.6. The van der Waals surface area contributed by atoms with Crippen molar-refractivity contribution < 1.29 is 10.2 Å². The molecular weight excluding hydrogens is 402 g/mol. The maximum Gasteiger partial charge on any atom is 0.350 e. The van der Waals surface area contributed by atoms with Crippen molar-refractivity contribution in [1.82, 2.24) is 9.55 Å². The van der Waals surface area contributed by atoms with E-state index >= 15 is 0 Å². The van der Waals surface area contributed by atoms with Crippen LogP contribution in [0.15, 0.2) is 108 Å². The fourth-order valence-corrected chi connectivity index (χ4v) is 4.12. The first kappa shape index (κ1) is 21.5. The molecule has 0 aliphatic rings. The Balaban J connectivity index is 2.07. The SMILES string of the molecule is O=c1nccc(NCCC(O)O)n1C(c1ccccc1)(c1ccccc1)c1ccccc1. The molecule has 0 radical (unpaired) electrons. The van der Waals surface area contributed by atoms with Crippen molar-refractivity contribution in [3.63, 3.8) is 0 Å². The summed E-state index contributed by atoms with van der Waals surface area (Å²) in [5.74, 6) is 0.530. The zero-order chi connectivity index (χ0) is 22.4. The van der Waals surface area contributed by atoms with Gasteiger partial charge in [-0.1, -0.05) is 91.0 Å². The predicted octanol–water partition coefficient (Wildman–Crippen LogP) is 3.20. The fraction of sp³-hybridized carbons (Fsp3) is 0.154. The Kier molecular flexibility index (Phi) is 6.44. The molecule has 0 amide bonds. The highest BCUT2D eigenvalue weighted by Crippen LogP contribution is 2.41. The molecule has 0 saturated heterocycles. The molecule has 0 saturated carbocycles. The lowest BCUT2D eigenvalue weighted by Gasteiger charge is -2.39. The number of aliphatic hydroxyl groups excluding tert-OH is 1. The van der Waals surface area contributed by atoms with Gasteiger partial charge in [0.2, 0.25) is 0 Å². The van der Waals surface area contributed by atoms with E-state index in [1.807, 2.05) is 91.0 Å². The van der Waals surface area contributed by atoms with E-state index < -0.39 is 17.5 Å². The zero-order valence-electron chi connectivity index (χ0n) is 17.5. The quantitative estimate of drug-likeness (QED) is 0.297. The first-order valence-electron chi connectivity index (χ1n) is 10.5. The van der Waals surface area contributed by atoms with Crippen molar-refractivity contribution in [3.05, 3.63) is 130 Å². The number of nitrogens with one attached hydrogen (secondary N) is 1. The molecule has 0 fully saturated rings. The van der Waals surface area contributed by atoms with Crippen molar-refractivity contribution >= 4 is 5.82 Å². The number of hydrogen-bond donors (Lipinski definition) is 3. The fourth-order valence-electron chi connectivity index (χ4n) is 4.12. The van der Waals surface area contributed by atoms with E-state index in [1.54, 1.807) is 10.6 Å². The number of benzene rings is 3. The van der Waals surface area contributed by atoms with Gasteiger partial charge in [0.1, 0.15) is 11.4 Å². The molecule has 0 aliphatic carbocycles. The number of nitrogens with zero attached hydrogens (tertiary/aromatic N) is 2. The summed E-state index contributed by atoms with van der Waals surface area (Å²) in [6.07, 6.45) is 0.139. The van der Waals surface area contributed by atoms with Gasteiger partial charge in [-0.25, -0.2) is 9.78 Å². The number of anilines is 1. The molecule has 6 heteroatoms. The minimum absolute atomic E-state index is 0.117. The van der Waals surface area contributed by atoms with Crippen LogP contribution in [-0.2, 0) is 5.54 Å². The highest BCUT2D eigenvalue weighted by molar-refractivity contribution is 5.54. The Bertz CT molecular complexity index is 1100. The second-order valence-corrected chi connectivity index (χ2v) is 7.45. The Hall–Kier alpha value is -3.74. The molecule has 0 spiro atoms. The molecular formula is C26H25N3O3. The molecule has 6 nitrogen and oxygen atoms in total. The normalized spacial score (nSPS) is 11.5. The summed E-state index contributed by atoms with van der Waals surface area (Å²) >= 11 is 0. The van der Waals surface area contributed by atoms with Gasteiger partial charge in [-0.15, -0.1) is 0 Å². The van der Waals surface area contributed by atoms with E-state index in [-0.39, 0.29) is 13.0 Å². The van der Waals surface area contributed by atoms with Gasteiger partial charge in [-0.3, -0.25) is 4.57 Å². The highest BCUT2D eigenvalue weighted by Gasteiger charge is 2.40. The Labute approximate surface area is 186 Å². The lowest BCUT2D eigenvalue weighted by Crippen LogP contribution is -2.46. The van der Waals surface area contributed by atoms with Gasteiger partial charge in [-0.05, 0) is 22.8 Å². The molecule has 3 N–H and O–H groups in total. The Morgan fingerprint density at radius 2 is 1.25 bits per heavy atom. The molecule has 1 aromatic heterocycles. The number of hydrogen-bond acceptors (Lipinski definition) is 5. The average molecular weight is 428 g/mol. The maximum atomic E-state index is 13.4. The van der Waals surface area contributed by atoms with Crippen molar-refractivity contribution in [2.45, 2.75) is 18.2 Å². The first-order valence-corrected chi connectivity index (χ1v) is 10.5. The molecule has 4 rings (SSSR count). The number of rotatable bonds is 8. The molecule has 1 heterocycles. The third kappa shape index (κ3) is 4.06. The van der Waals surface area contributed by atoms with Crippen LogP contribution in [-0.4, -0.2) is 32.6 Å². The van der Waals surface area contributed by atoms with Gasteiger partial charge in [0, 0.05) is 19.2 Å². The molecule has 162 valence electrons. The van der Waals surface area contributed by atoms with Crippen LogP contribution in [0.5, 0.6) is 0 Å². The van der Waals surface area contributed by atoms with Crippen molar-refractivity contribution in [3.8, 4) is 0 Å². The monoisotopic (exact) mass is 427 g/mol. The van der Waals surface area contributed by atoms with Crippen LogP contribution in [0.1, 0.15) is 23.1 Å². The standard InChI is InChI=1S/C26H25N3O3/c30-24(31)17-19-27-23-16-18-28-25(32)29(23)26(20-10-4-1-5-11-20,21-12-6-2-7-13-21)22-14-8-3-9-15-22/h1-16,18,24,27,30-31H,17,19H2. The van der Waals surface area contributed by atoms with Crippen LogP contribution in [0, 0.1) is 0 Å². The molecule has 0 aliphatic heterocycles. The lowest BCUT2D eigenvalue weighted by molar-refractivity contribution is -0.0423. The highest BCUT2D eigenvalue weighted by atomic mass is 16.5. The van der Waals surface area contributed by atoms with Crippen LogP contribution >= 0.6 is 0 Å². The molecule has 3 aromatic carbocycles. The summed E-state index contributed by atoms with van der Waals surface area (Å²) in [4.78, 5) is 17.5. The zero-order valence-corrected chi connectivity index (χ0v) is 17.5. The van der Waals surface area contributed by atoms with E-state index in [0.717, 1.165) is 16.7 Å². The van der Waals surface area contributed by atoms with Crippen LogP contribution in [0.3, 0.4) is 0 Å². The van der Waals surface area contributed by atoms with Gasteiger partial charge in [0.05, 0.1) is 0 Å². The summed E-state index contributed by atoms with van der Waals surface area (Å²) in [5, 5.41) is 21.8. The summed E-state index contributed by atoms with van der Waals surface area (Å²) in [6, 6.07) is 31.3. The van der Waals surface area contributed by atoms with E-state index in [1.165, 1.54) is 6.20 Å². The summed E-state index contributed by atoms with van der Waals surface area (Å²) in [6.45, 7) is 0.273. The van der Waals surface area contributed by atoms with Gasteiger partial charge < -0.3 is 15.5 Å². The largest absolute Gasteiger partial charge is 0.371 e. The Morgan fingerprint density at radius 3 is 1.69 bits per heavy atom. The summed E-state index contributed by atoms with van der Waals surface area (Å²) < 4.78 is 1.65. The minimum Gasteiger partial charge on any atom is -0.371 e. The van der Waals surface area contributed by atoms with Gasteiger partial charge >= 0.3 is 5.69 Å². The van der Waals surface area contributed by atoms with E-state index in [4.69, 9.17) is 0 Å². The number of aromatic nitrogens is 2. The third-order valence-electron chi connectivity index (χ3n) is 5.47. The Morgan fingerprint density at radius 1 is 0.781 bits per heavy atom.